The monoisotopic (exact) mass is 627 g/mol. The number of anilines is 1. The van der Waals surface area contributed by atoms with E-state index in [1.807, 2.05) is 6.07 Å². The second-order valence-corrected chi connectivity index (χ2v) is 10.5. The molecule has 2 unspecified atom stereocenters. The molecule has 0 radical (unpaired) electrons. The molecular weight excluding hydrogens is 594 g/mol. The number of nitrogens with one attached hydrogen (secondary N) is 2. The number of benzene rings is 2. The maximum atomic E-state index is 14.2. The van der Waals surface area contributed by atoms with E-state index in [0.717, 1.165) is 10.0 Å². The molecule has 5 N–H and O–H groups in total. The Morgan fingerprint density at radius 1 is 1.21 bits per heavy atom. The summed E-state index contributed by atoms with van der Waals surface area (Å²) in [5.74, 6) is -3.36. The Morgan fingerprint density at radius 2 is 1.88 bits per heavy atom. The highest BCUT2D eigenvalue weighted by molar-refractivity contribution is 7.98. The number of likely N-dealkylation sites (N-methyl/N-ethyl adjacent to an activating group) is 1. The number of carbonyl (C=O) groups is 4. The summed E-state index contributed by atoms with van der Waals surface area (Å²) < 4.78 is 0. The fourth-order valence-corrected chi connectivity index (χ4v) is 5.14. The lowest BCUT2D eigenvalue weighted by Gasteiger charge is -2.45. The van der Waals surface area contributed by atoms with E-state index in [0.29, 0.717) is 22.6 Å². The van der Waals surface area contributed by atoms with Gasteiger partial charge in [0.1, 0.15) is 6.33 Å². The lowest BCUT2D eigenvalue weighted by atomic mass is 10.00. The number of carbonyl (C=O) groups excluding carboxylic acids is 3. The number of aromatic amines is 1. The van der Waals surface area contributed by atoms with Crippen molar-refractivity contribution >= 4 is 59.4 Å². The van der Waals surface area contributed by atoms with Crippen LogP contribution in [-0.4, -0.2) is 103 Å². The molecule has 2 aromatic carbocycles. The van der Waals surface area contributed by atoms with Crippen LogP contribution in [0.3, 0.4) is 0 Å². The molecule has 228 valence electrons. The molecule has 0 fully saturated rings. The zero-order valence-corrected chi connectivity index (χ0v) is 25.5. The first-order valence-corrected chi connectivity index (χ1v) is 15.0. The minimum absolute atomic E-state index is 0.0350. The third-order valence-corrected chi connectivity index (χ3v) is 7.54. The number of hydrogen-bond donors (Lipinski definition) is 5. The molecule has 0 spiro atoms. The van der Waals surface area contributed by atoms with Gasteiger partial charge in [0.15, 0.2) is 11.8 Å². The molecule has 0 saturated heterocycles. The number of Topliss-reactive ketones (excluding diaryl/α,β-unsaturated/α-hetero) is 1. The van der Waals surface area contributed by atoms with E-state index in [2.05, 4.69) is 43.6 Å². The number of aromatic nitrogens is 4. The molecule has 14 nitrogen and oxygen atoms in total. The molecule has 2 amide bonds. The van der Waals surface area contributed by atoms with Crippen LogP contribution in [0.15, 0.2) is 65.9 Å². The first-order valence-electron chi connectivity index (χ1n) is 13.0. The molecule has 3 aromatic rings. The molecular formula is C27H33N9O5S2. The molecule has 4 rings (SSSR count). The van der Waals surface area contributed by atoms with Crippen molar-refractivity contribution in [2.24, 2.45) is 10.7 Å². The van der Waals surface area contributed by atoms with Crippen LogP contribution in [0.25, 0.3) is 0 Å². The second-order valence-electron chi connectivity index (χ2n) is 9.16. The van der Waals surface area contributed by atoms with Crippen molar-refractivity contribution in [1.29, 1.82) is 0 Å². The quantitative estimate of drug-likeness (QED) is 0.114. The van der Waals surface area contributed by atoms with Gasteiger partial charge >= 0.3 is 5.97 Å². The average Bonchev–Trinajstić information content (AvgIpc) is 3.58. The number of aliphatic imine (C=N–C) groups is 1. The Hall–Kier alpha value is -4.12. The average molecular weight is 628 g/mol. The minimum Gasteiger partial charge on any atom is -0.478 e. The predicted molar refractivity (Wildman–Crippen MR) is 166 cm³/mol. The number of carboxylic acids is 1. The van der Waals surface area contributed by atoms with E-state index in [4.69, 9.17) is 5.73 Å². The lowest BCUT2D eigenvalue weighted by Crippen LogP contribution is -2.71. The Kier molecular flexibility index (Phi) is 11.9. The van der Waals surface area contributed by atoms with Crippen LogP contribution >= 0.6 is 24.4 Å². The highest BCUT2D eigenvalue weighted by Gasteiger charge is 2.52. The molecule has 16 heteroatoms. The van der Waals surface area contributed by atoms with Gasteiger partial charge in [-0.15, -0.1) is 5.10 Å². The molecule has 1 aliphatic rings. The minimum atomic E-state index is -2.01. The number of aliphatic carboxylic acids is 1. The SMILES string of the molecule is CN[C@](CCSC)(C(=O)O)N(C(C)=O)N1C(=O)C(C(=O)C(N)CS)N=C(c2ccccc2)c2ccccc21.c1nnn[nH]1. The molecule has 1 aromatic heterocycles. The summed E-state index contributed by atoms with van der Waals surface area (Å²) in [7, 11) is 1.41. The Balaban J connectivity index is 0.000000915. The van der Waals surface area contributed by atoms with Crippen LogP contribution in [0, 0.1) is 0 Å². The highest BCUT2D eigenvalue weighted by Crippen LogP contribution is 2.34. The van der Waals surface area contributed by atoms with Crippen LogP contribution < -0.4 is 16.1 Å². The summed E-state index contributed by atoms with van der Waals surface area (Å²) >= 11 is 5.51. The van der Waals surface area contributed by atoms with Crippen LogP contribution in [-0.2, 0) is 19.2 Å². The zero-order valence-electron chi connectivity index (χ0n) is 23.7. The molecule has 2 heterocycles. The number of thioether (sulfide) groups is 1. The highest BCUT2D eigenvalue weighted by atomic mass is 32.2. The number of thiol groups is 1. The Morgan fingerprint density at radius 3 is 2.40 bits per heavy atom. The number of fused-ring (bicyclic) bond motifs is 1. The third-order valence-electron chi connectivity index (χ3n) is 6.53. The Labute approximate surface area is 257 Å². The summed E-state index contributed by atoms with van der Waals surface area (Å²) in [5.41, 5.74) is 5.60. The van der Waals surface area contributed by atoms with Crippen molar-refractivity contribution < 1.29 is 24.3 Å². The van der Waals surface area contributed by atoms with E-state index in [1.165, 1.54) is 32.1 Å². The number of para-hydroxylation sites is 1. The summed E-state index contributed by atoms with van der Waals surface area (Å²) in [4.78, 5) is 58.3. The Bertz CT molecular complexity index is 1420. The molecule has 1 aliphatic heterocycles. The van der Waals surface area contributed by atoms with E-state index in [1.54, 1.807) is 54.8 Å². The normalized spacial score (nSPS) is 16.4. The molecule has 0 saturated carbocycles. The first kappa shape index (κ1) is 33.4. The number of amides is 2. The van der Waals surface area contributed by atoms with Gasteiger partial charge in [0.2, 0.25) is 11.6 Å². The van der Waals surface area contributed by atoms with E-state index in [-0.39, 0.29) is 17.9 Å². The summed E-state index contributed by atoms with van der Waals surface area (Å²) in [6.45, 7) is 1.17. The van der Waals surface area contributed by atoms with Gasteiger partial charge in [-0.1, -0.05) is 48.5 Å². The van der Waals surface area contributed by atoms with Crippen molar-refractivity contribution in [2.45, 2.75) is 31.1 Å². The number of rotatable bonds is 11. The van der Waals surface area contributed by atoms with Crippen LogP contribution in [0.4, 0.5) is 5.69 Å². The maximum absolute atomic E-state index is 14.2. The van der Waals surface area contributed by atoms with Crippen LogP contribution in [0.2, 0.25) is 0 Å². The maximum Gasteiger partial charge on any atom is 0.346 e. The number of hydrazine groups is 1. The number of benzodiazepines with no additional fused rings is 1. The number of tetrazole rings is 1. The van der Waals surface area contributed by atoms with Gasteiger partial charge in [0, 0.05) is 30.2 Å². The van der Waals surface area contributed by atoms with Crippen LogP contribution in [0.5, 0.6) is 0 Å². The predicted octanol–water partition coefficient (Wildman–Crippen LogP) is 0.782. The van der Waals surface area contributed by atoms with Crippen molar-refractivity contribution in [3.05, 3.63) is 72.1 Å². The molecule has 0 bridgehead atoms. The van der Waals surface area contributed by atoms with E-state index >= 15 is 0 Å². The van der Waals surface area contributed by atoms with E-state index < -0.39 is 41.3 Å². The number of nitrogens with two attached hydrogens (primary N) is 1. The van der Waals surface area contributed by atoms with Crippen LogP contribution in [0.1, 0.15) is 24.5 Å². The van der Waals surface area contributed by atoms with Gasteiger partial charge in [-0.05, 0) is 35.5 Å². The van der Waals surface area contributed by atoms with Gasteiger partial charge in [0.25, 0.3) is 5.91 Å². The second kappa shape index (κ2) is 15.4. The number of hydrogen-bond acceptors (Lipinski definition) is 12. The van der Waals surface area contributed by atoms with Gasteiger partial charge < -0.3 is 10.8 Å². The van der Waals surface area contributed by atoms with Gasteiger partial charge in [-0.2, -0.15) is 24.4 Å². The smallest absolute Gasteiger partial charge is 0.346 e. The molecule has 0 aliphatic carbocycles. The van der Waals surface area contributed by atoms with E-state index in [9.17, 15) is 24.3 Å². The standard InChI is InChI=1S/C26H31N5O5S2.CH2N4/c1-16(32)31(26(28-2,25(35)36)13-14-38-3)30-20-12-8-7-11-18(20)21(17-9-5-4-6-10-17)29-22(24(30)34)23(33)19(27)15-37;1-2-4-5-3-1/h4-12,19,22,28,37H,13-15,27H2,1-3H3,(H,35,36);1H,(H,2,3,4,5)/t19?,22?,26-;/m0./s1. The number of nitrogens with zero attached hydrogens (tertiary/aromatic N) is 6. The lowest BCUT2D eigenvalue weighted by molar-refractivity contribution is -0.164. The number of ketones is 1. The molecule has 3 atom stereocenters. The number of carboxylic acid groups (broad SMARTS) is 1. The summed E-state index contributed by atoms with van der Waals surface area (Å²) in [6.07, 6.45) is 3.17. The van der Waals surface area contributed by atoms with Crippen molar-refractivity contribution in [3.8, 4) is 0 Å². The largest absolute Gasteiger partial charge is 0.478 e. The topological polar surface area (TPSA) is 200 Å². The van der Waals surface area contributed by atoms with Gasteiger partial charge in [-0.3, -0.25) is 24.7 Å². The number of H-pyrrole nitrogens is 1. The zero-order chi connectivity index (χ0) is 31.6. The first-order chi connectivity index (χ1) is 20.6. The fourth-order valence-electron chi connectivity index (χ4n) is 4.46. The molecule has 43 heavy (non-hydrogen) atoms. The van der Waals surface area contributed by atoms with Crippen molar-refractivity contribution in [3.63, 3.8) is 0 Å². The van der Waals surface area contributed by atoms with Crippen molar-refractivity contribution in [2.75, 3.05) is 29.8 Å². The van der Waals surface area contributed by atoms with Gasteiger partial charge in [0.05, 0.1) is 17.4 Å². The summed E-state index contributed by atoms with van der Waals surface area (Å²) in [5, 5.41) is 27.1. The van der Waals surface area contributed by atoms with Crippen molar-refractivity contribution in [1.82, 2.24) is 30.9 Å². The van der Waals surface area contributed by atoms with Gasteiger partial charge in [-0.25, -0.2) is 19.9 Å². The summed E-state index contributed by atoms with van der Waals surface area (Å²) in [6, 6.07) is 12.9. The third kappa shape index (κ3) is 7.27. The fraction of sp³-hybridized carbons (Fsp3) is 0.333.